The van der Waals surface area contributed by atoms with Gasteiger partial charge in [-0.1, -0.05) is 12.5 Å². The Balaban J connectivity index is 2.32. The Hall–Kier alpha value is -1.35. The lowest BCUT2D eigenvalue weighted by atomic mass is 10.0. The smallest absolute Gasteiger partial charge is 0.134 e. The van der Waals surface area contributed by atoms with Crippen molar-refractivity contribution >= 4 is 5.57 Å². The average Bonchev–Trinajstić information content (AvgIpc) is 2.53. The Labute approximate surface area is 101 Å². The molecule has 0 aliphatic heterocycles. The second kappa shape index (κ2) is 5.32. The van der Waals surface area contributed by atoms with Crippen LogP contribution in [0.3, 0.4) is 0 Å². The maximum absolute atomic E-state index is 13.9. The molecule has 0 aromatic heterocycles. The predicted octanol–water partition coefficient (Wildman–Crippen LogP) is 3.15. The second-order valence-corrected chi connectivity index (χ2v) is 4.35. The summed E-state index contributed by atoms with van der Waals surface area (Å²) in [4.78, 5) is 0. The monoisotopic (exact) mass is 236 g/mol. The summed E-state index contributed by atoms with van der Waals surface area (Å²) in [6, 6.07) is 4.85. The minimum absolute atomic E-state index is 0.287. The fraction of sp³-hybridized carbons (Fsp3) is 0.429. The van der Waals surface area contributed by atoms with Gasteiger partial charge in [-0.25, -0.2) is 4.39 Å². The quantitative estimate of drug-likeness (QED) is 0.854. The highest BCUT2D eigenvalue weighted by Crippen LogP contribution is 2.29. The van der Waals surface area contributed by atoms with Crippen molar-refractivity contribution in [3.8, 4) is 5.75 Å². The van der Waals surface area contributed by atoms with Gasteiger partial charge in [-0.3, -0.25) is 0 Å². The van der Waals surface area contributed by atoms with Gasteiger partial charge in [0, 0.05) is 11.6 Å². The van der Waals surface area contributed by atoms with E-state index in [0.29, 0.717) is 11.3 Å². The number of halogens is 1. The minimum Gasteiger partial charge on any atom is -0.497 e. The predicted molar refractivity (Wildman–Crippen MR) is 65.4 cm³/mol. The van der Waals surface area contributed by atoms with Crippen LogP contribution in [0.4, 0.5) is 4.39 Å². The molecular weight excluding hydrogens is 219 g/mol. The van der Waals surface area contributed by atoms with E-state index in [2.05, 4.69) is 0 Å². The molecule has 92 valence electrons. The van der Waals surface area contributed by atoms with Crippen molar-refractivity contribution in [2.24, 2.45) is 0 Å². The second-order valence-electron chi connectivity index (χ2n) is 4.35. The molecule has 3 heteroatoms. The molecule has 0 radical (unpaired) electrons. The molecule has 0 fully saturated rings. The molecule has 1 atom stereocenters. The molecule has 1 unspecified atom stereocenters. The van der Waals surface area contributed by atoms with Crippen molar-refractivity contribution < 1.29 is 14.2 Å². The van der Waals surface area contributed by atoms with E-state index in [9.17, 15) is 9.50 Å². The van der Waals surface area contributed by atoms with Crippen LogP contribution in [0.25, 0.3) is 5.57 Å². The Bertz CT molecular complexity index is 426. The summed E-state index contributed by atoms with van der Waals surface area (Å²) in [6.07, 6.45) is 4.89. The van der Waals surface area contributed by atoms with E-state index in [1.165, 1.54) is 13.2 Å². The zero-order chi connectivity index (χ0) is 12.3. The van der Waals surface area contributed by atoms with Gasteiger partial charge in [-0.2, -0.15) is 0 Å². The van der Waals surface area contributed by atoms with E-state index in [0.717, 1.165) is 31.3 Å². The number of ether oxygens (including phenoxy) is 1. The van der Waals surface area contributed by atoms with Crippen molar-refractivity contribution in [1.29, 1.82) is 0 Å². The van der Waals surface area contributed by atoms with Gasteiger partial charge in [0.05, 0.1) is 13.2 Å². The van der Waals surface area contributed by atoms with Crippen LogP contribution < -0.4 is 4.74 Å². The number of aliphatic hydroxyl groups is 1. The van der Waals surface area contributed by atoms with E-state index in [-0.39, 0.29) is 5.82 Å². The summed E-state index contributed by atoms with van der Waals surface area (Å²) in [6.45, 7) is 0. The van der Waals surface area contributed by atoms with Gasteiger partial charge in [-0.15, -0.1) is 0 Å². The number of methoxy groups -OCH3 is 1. The topological polar surface area (TPSA) is 29.5 Å². The van der Waals surface area contributed by atoms with Crippen LogP contribution in [0.2, 0.25) is 0 Å². The summed E-state index contributed by atoms with van der Waals surface area (Å²) >= 11 is 0. The van der Waals surface area contributed by atoms with Crippen LogP contribution in [0.1, 0.15) is 31.2 Å². The fourth-order valence-corrected chi connectivity index (χ4v) is 2.18. The lowest BCUT2D eigenvalue weighted by Crippen LogP contribution is -2.00. The first-order chi connectivity index (χ1) is 8.20. The molecule has 2 nitrogen and oxygen atoms in total. The molecule has 0 saturated carbocycles. The van der Waals surface area contributed by atoms with Gasteiger partial charge < -0.3 is 9.84 Å². The fourth-order valence-electron chi connectivity index (χ4n) is 2.18. The van der Waals surface area contributed by atoms with Crippen LogP contribution in [-0.2, 0) is 0 Å². The van der Waals surface area contributed by atoms with Crippen molar-refractivity contribution in [2.75, 3.05) is 7.11 Å². The molecule has 2 rings (SSSR count). The molecule has 0 saturated heterocycles. The molecule has 1 aliphatic carbocycles. The number of aliphatic hydroxyl groups excluding tert-OH is 1. The van der Waals surface area contributed by atoms with Crippen LogP contribution in [0.15, 0.2) is 24.3 Å². The first-order valence-corrected chi connectivity index (χ1v) is 5.93. The van der Waals surface area contributed by atoms with E-state index in [4.69, 9.17) is 4.74 Å². The summed E-state index contributed by atoms with van der Waals surface area (Å²) in [5.41, 5.74) is 1.47. The lowest BCUT2D eigenvalue weighted by Gasteiger charge is -2.09. The Morgan fingerprint density at radius 1 is 1.35 bits per heavy atom. The van der Waals surface area contributed by atoms with Crippen LogP contribution in [-0.4, -0.2) is 18.3 Å². The molecule has 1 aromatic carbocycles. The van der Waals surface area contributed by atoms with E-state index < -0.39 is 6.10 Å². The molecule has 0 heterocycles. The first-order valence-electron chi connectivity index (χ1n) is 5.93. The van der Waals surface area contributed by atoms with Crippen LogP contribution in [0.5, 0.6) is 5.75 Å². The van der Waals surface area contributed by atoms with Crippen molar-refractivity contribution in [1.82, 2.24) is 0 Å². The van der Waals surface area contributed by atoms with Crippen molar-refractivity contribution in [2.45, 2.75) is 31.8 Å². The van der Waals surface area contributed by atoms with Gasteiger partial charge in [-0.05, 0) is 37.0 Å². The molecular formula is C14H17FO2. The zero-order valence-corrected chi connectivity index (χ0v) is 9.95. The lowest BCUT2D eigenvalue weighted by molar-refractivity contribution is 0.211. The van der Waals surface area contributed by atoms with E-state index in [1.54, 1.807) is 18.2 Å². The van der Waals surface area contributed by atoms with Crippen LogP contribution >= 0.6 is 0 Å². The third kappa shape index (κ3) is 2.86. The first kappa shape index (κ1) is 12.1. The summed E-state index contributed by atoms with van der Waals surface area (Å²) < 4.78 is 18.9. The van der Waals surface area contributed by atoms with Gasteiger partial charge in [0.15, 0.2) is 0 Å². The van der Waals surface area contributed by atoms with Crippen LogP contribution in [0, 0.1) is 5.82 Å². The molecule has 1 aliphatic rings. The Morgan fingerprint density at radius 2 is 2.18 bits per heavy atom. The third-order valence-electron chi connectivity index (χ3n) is 3.11. The SMILES string of the molecule is COc1ccc(C2=CC(O)CCCC2)c(F)c1. The van der Waals surface area contributed by atoms with Gasteiger partial charge >= 0.3 is 0 Å². The number of hydrogen-bond donors (Lipinski definition) is 1. The maximum Gasteiger partial charge on any atom is 0.134 e. The standard InChI is InChI=1S/C14H17FO2/c1-17-12-6-7-13(14(15)9-12)10-4-2-3-5-11(16)8-10/h6-9,11,16H,2-5H2,1H3. The normalized spacial score (nSPS) is 20.6. The van der Waals surface area contributed by atoms with Gasteiger partial charge in [0.25, 0.3) is 0 Å². The van der Waals surface area contributed by atoms with Crippen molar-refractivity contribution in [3.05, 3.63) is 35.7 Å². The van der Waals surface area contributed by atoms with Gasteiger partial charge in [0.1, 0.15) is 11.6 Å². The number of rotatable bonds is 2. The summed E-state index contributed by atoms with van der Waals surface area (Å²) in [5, 5.41) is 9.69. The molecule has 0 spiro atoms. The highest BCUT2D eigenvalue weighted by atomic mass is 19.1. The number of allylic oxidation sites excluding steroid dienone is 1. The molecule has 1 N–H and O–H groups in total. The number of hydrogen-bond acceptors (Lipinski definition) is 2. The molecule has 0 amide bonds. The third-order valence-corrected chi connectivity index (χ3v) is 3.11. The zero-order valence-electron chi connectivity index (χ0n) is 9.95. The average molecular weight is 236 g/mol. The number of benzene rings is 1. The highest BCUT2D eigenvalue weighted by molar-refractivity contribution is 5.67. The minimum atomic E-state index is -0.450. The molecule has 17 heavy (non-hydrogen) atoms. The largest absolute Gasteiger partial charge is 0.497 e. The van der Waals surface area contributed by atoms with Crippen molar-refractivity contribution in [3.63, 3.8) is 0 Å². The summed E-state index contributed by atoms with van der Waals surface area (Å²) in [5.74, 6) is 0.228. The Kier molecular flexibility index (Phi) is 3.79. The summed E-state index contributed by atoms with van der Waals surface area (Å²) in [7, 11) is 1.52. The Morgan fingerprint density at radius 3 is 2.88 bits per heavy atom. The molecule has 1 aromatic rings. The molecule has 0 bridgehead atoms. The van der Waals surface area contributed by atoms with E-state index >= 15 is 0 Å². The highest BCUT2D eigenvalue weighted by Gasteiger charge is 2.14. The van der Waals surface area contributed by atoms with E-state index in [1.807, 2.05) is 0 Å². The maximum atomic E-state index is 13.9. The van der Waals surface area contributed by atoms with Gasteiger partial charge in [0.2, 0.25) is 0 Å².